The number of aromatic amines is 1. The van der Waals surface area contributed by atoms with Gasteiger partial charge in [0, 0.05) is 12.3 Å². The predicted molar refractivity (Wildman–Crippen MR) is 58.0 cm³/mol. The Morgan fingerprint density at radius 2 is 2.05 bits per heavy atom. The van der Waals surface area contributed by atoms with Crippen molar-refractivity contribution in [2.24, 2.45) is 0 Å². The Balaban J connectivity index is 2.49. The maximum Gasteiger partial charge on any atom is 0.423 e. The molecule has 0 saturated heterocycles. The van der Waals surface area contributed by atoms with Gasteiger partial charge in [-0.1, -0.05) is 0 Å². The van der Waals surface area contributed by atoms with E-state index in [2.05, 4.69) is 0 Å². The van der Waals surface area contributed by atoms with Gasteiger partial charge >= 0.3 is 11.9 Å². The molecule has 0 aromatic carbocycles. The molecule has 3 N–H and O–H groups in total. The Kier molecular flexibility index (Phi) is 3.44. The van der Waals surface area contributed by atoms with Crippen LogP contribution in [0.25, 0.3) is 0 Å². The number of ether oxygens (including phenoxy) is 1. The second-order valence-electron chi connectivity index (χ2n) is 4.00. The lowest BCUT2D eigenvalue weighted by Gasteiger charge is -2.16. The number of halogens is 3. The van der Waals surface area contributed by atoms with Crippen molar-refractivity contribution in [1.29, 1.82) is 0 Å². The summed E-state index contributed by atoms with van der Waals surface area (Å²) in [6.07, 6.45) is -6.16. The number of aromatic nitrogens is 2. The Bertz CT molecular complexity index is 660. The van der Waals surface area contributed by atoms with E-state index in [1.165, 1.54) is 4.98 Å². The van der Waals surface area contributed by atoms with Crippen LogP contribution in [-0.2, 0) is 10.9 Å². The Hall–Kier alpha value is -2.07. The van der Waals surface area contributed by atoms with E-state index in [0.29, 0.717) is 10.8 Å². The molecule has 0 bridgehead atoms. The van der Waals surface area contributed by atoms with E-state index in [0.717, 1.165) is 6.08 Å². The fourth-order valence-electron chi connectivity index (χ4n) is 1.69. The molecular weight excluding hydrogens is 285 g/mol. The van der Waals surface area contributed by atoms with Gasteiger partial charge in [-0.25, -0.2) is 4.79 Å². The SMILES string of the molecule is O=c1[nH]c(=O)n(C2C=C(O)C(CO)O2)cc1C(F)(F)F. The minimum absolute atomic E-state index is 0.301. The molecule has 1 aliphatic heterocycles. The average Bonchev–Trinajstić information content (AvgIpc) is 2.68. The molecule has 7 nitrogen and oxygen atoms in total. The third kappa shape index (κ3) is 2.47. The first kappa shape index (κ1) is 14.3. The Morgan fingerprint density at radius 1 is 1.40 bits per heavy atom. The maximum atomic E-state index is 12.6. The number of aliphatic hydroxyl groups is 2. The molecule has 2 atom stereocenters. The van der Waals surface area contributed by atoms with Crippen molar-refractivity contribution in [3.8, 4) is 0 Å². The second-order valence-corrected chi connectivity index (χ2v) is 4.00. The fraction of sp³-hybridized carbons (Fsp3) is 0.400. The van der Waals surface area contributed by atoms with Crippen LogP contribution in [0.2, 0.25) is 0 Å². The summed E-state index contributed by atoms with van der Waals surface area (Å²) >= 11 is 0. The molecule has 10 heteroatoms. The highest BCUT2D eigenvalue weighted by atomic mass is 19.4. The van der Waals surface area contributed by atoms with E-state index in [9.17, 15) is 27.9 Å². The van der Waals surface area contributed by atoms with E-state index in [1.54, 1.807) is 0 Å². The summed E-state index contributed by atoms with van der Waals surface area (Å²) < 4.78 is 43.2. The molecule has 0 spiro atoms. The molecule has 0 fully saturated rings. The van der Waals surface area contributed by atoms with Crippen LogP contribution in [0.4, 0.5) is 13.2 Å². The third-order valence-electron chi connectivity index (χ3n) is 2.66. The van der Waals surface area contributed by atoms with E-state index < -0.39 is 47.7 Å². The summed E-state index contributed by atoms with van der Waals surface area (Å²) in [7, 11) is 0. The van der Waals surface area contributed by atoms with E-state index in [4.69, 9.17) is 9.84 Å². The van der Waals surface area contributed by atoms with Gasteiger partial charge in [-0.15, -0.1) is 0 Å². The van der Waals surface area contributed by atoms with Crippen LogP contribution >= 0.6 is 0 Å². The minimum Gasteiger partial charge on any atom is -0.510 e. The van der Waals surface area contributed by atoms with Gasteiger partial charge in [-0.2, -0.15) is 13.2 Å². The highest BCUT2D eigenvalue weighted by Crippen LogP contribution is 2.28. The molecule has 2 unspecified atom stereocenters. The normalized spacial score (nSPS) is 22.9. The monoisotopic (exact) mass is 294 g/mol. The summed E-state index contributed by atoms with van der Waals surface area (Å²) in [5.74, 6) is -0.413. The third-order valence-corrected chi connectivity index (χ3v) is 2.66. The number of H-pyrrole nitrogens is 1. The first-order chi connectivity index (χ1) is 9.24. The lowest BCUT2D eigenvalue weighted by Crippen LogP contribution is -2.36. The van der Waals surface area contributed by atoms with E-state index in [1.807, 2.05) is 0 Å². The highest BCUT2D eigenvalue weighted by Gasteiger charge is 2.36. The quantitative estimate of drug-likeness (QED) is 0.706. The van der Waals surface area contributed by atoms with Gasteiger partial charge in [0.25, 0.3) is 5.56 Å². The van der Waals surface area contributed by atoms with Gasteiger partial charge in [-0.05, 0) is 0 Å². The molecule has 1 aromatic heterocycles. The molecule has 0 radical (unpaired) electrons. The summed E-state index contributed by atoms with van der Waals surface area (Å²) in [5.41, 5.74) is -4.26. The average molecular weight is 294 g/mol. The number of nitrogens with zero attached hydrogens (tertiary/aromatic N) is 1. The molecule has 0 aliphatic carbocycles. The second kappa shape index (κ2) is 4.80. The summed E-state index contributed by atoms with van der Waals surface area (Å²) in [5, 5.41) is 18.2. The number of hydrogen-bond donors (Lipinski definition) is 3. The number of nitrogens with one attached hydrogen (secondary N) is 1. The highest BCUT2D eigenvalue weighted by molar-refractivity contribution is 5.13. The van der Waals surface area contributed by atoms with Crippen molar-refractivity contribution < 1.29 is 28.1 Å². The van der Waals surface area contributed by atoms with E-state index in [-0.39, 0.29) is 0 Å². The zero-order valence-corrected chi connectivity index (χ0v) is 9.72. The first-order valence-electron chi connectivity index (χ1n) is 5.33. The lowest BCUT2D eigenvalue weighted by molar-refractivity contribution is -0.139. The number of rotatable bonds is 2. The fourth-order valence-corrected chi connectivity index (χ4v) is 1.69. The molecule has 0 amide bonds. The number of hydrogen-bond acceptors (Lipinski definition) is 5. The van der Waals surface area contributed by atoms with Gasteiger partial charge in [0.05, 0.1) is 6.61 Å². The van der Waals surface area contributed by atoms with Crippen LogP contribution in [0.15, 0.2) is 27.6 Å². The zero-order chi connectivity index (χ0) is 15.1. The maximum absolute atomic E-state index is 12.6. The summed E-state index contributed by atoms with van der Waals surface area (Å²) in [4.78, 5) is 24.1. The van der Waals surface area contributed by atoms with E-state index >= 15 is 0 Å². The van der Waals surface area contributed by atoms with Crippen LogP contribution < -0.4 is 11.2 Å². The lowest BCUT2D eigenvalue weighted by atomic mass is 10.3. The predicted octanol–water partition coefficient (Wildman–Crippen LogP) is -0.113. The van der Waals surface area contributed by atoms with Crippen LogP contribution in [-0.4, -0.2) is 32.5 Å². The topological polar surface area (TPSA) is 105 Å². The molecule has 1 aromatic rings. The van der Waals surface area contributed by atoms with Crippen molar-refractivity contribution in [2.45, 2.75) is 18.5 Å². The first-order valence-corrected chi connectivity index (χ1v) is 5.33. The molecule has 1 aliphatic rings. The van der Waals surface area contributed by atoms with Gasteiger partial charge in [0.2, 0.25) is 0 Å². The summed E-state index contributed by atoms with van der Waals surface area (Å²) in [6.45, 7) is -0.608. The molecule has 110 valence electrons. The molecule has 2 rings (SSSR count). The Labute approximate surface area is 108 Å². The zero-order valence-electron chi connectivity index (χ0n) is 9.72. The molecule has 20 heavy (non-hydrogen) atoms. The van der Waals surface area contributed by atoms with Crippen molar-refractivity contribution in [3.63, 3.8) is 0 Å². The minimum atomic E-state index is -4.94. The molecular formula is C10H9F3N2O5. The summed E-state index contributed by atoms with van der Waals surface area (Å²) in [6, 6.07) is 0. The standard InChI is InChI=1S/C10H9F3N2O5/c11-10(12,13)4-2-15(9(19)14-8(4)18)7-1-5(17)6(3-16)20-7/h1-2,6-7,16-17H,3H2,(H,14,18,19). The van der Waals surface area contributed by atoms with Crippen molar-refractivity contribution >= 4 is 0 Å². The van der Waals surface area contributed by atoms with Crippen LogP contribution in [0, 0.1) is 0 Å². The van der Waals surface area contributed by atoms with Crippen LogP contribution in [0.5, 0.6) is 0 Å². The Morgan fingerprint density at radius 3 is 2.55 bits per heavy atom. The van der Waals surface area contributed by atoms with Gasteiger partial charge in [0.1, 0.15) is 17.4 Å². The van der Waals surface area contributed by atoms with Gasteiger partial charge in [-0.3, -0.25) is 14.3 Å². The van der Waals surface area contributed by atoms with Gasteiger partial charge in [0.15, 0.2) is 6.23 Å². The number of alkyl halides is 3. The van der Waals surface area contributed by atoms with Crippen LogP contribution in [0.1, 0.15) is 11.8 Å². The van der Waals surface area contributed by atoms with Crippen molar-refractivity contribution in [3.05, 3.63) is 44.4 Å². The molecule has 2 heterocycles. The van der Waals surface area contributed by atoms with Crippen molar-refractivity contribution in [1.82, 2.24) is 9.55 Å². The molecule has 0 saturated carbocycles. The van der Waals surface area contributed by atoms with Crippen molar-refractivity contribution in [2.75, 3.05) is 6.61 Å². The van der Waals surface area contributed by atoms with Gasteiger partial charge < -0.3 is 14.9 Å². The van der Waals surface area contributed by atoms with Crippen LogP contribution in [0.3, 0.4) is 0 Å². The largest absolute Gasteiger partial charge is 0.510 e. The number of aliphatic hydroxyl groups excluding tert-OH is 2. The smallest absolute Gasteiger partial charge is 0.423 e.